The number of nitrogens with zero attached hydrogens (tertiary/aromatic N) is 3. The molecule has 2 aliphatic rings. The maximum Gasteiger partial charge on any atom is 0.236 e. The Kier molecular flexibility index (Phi) is 5.06. The van der Waals surface area contributed by atoms with E-state index in [0.717, 1.165) is 12.2 Å². The zero-order valence-corrected chi connectivity index (χ0v) is 14.3. The van der Waals surface area contributed by atoms with E-state index in [1.54, 1.807) is 11.8 Å². The molecule has 2 saturated carbocycles. The third-order valence-corrected chi connectivity index (χ3v) is 5.74. The first-order valence-electron chi connectivity index (χ1n) is 8.31. The number of hydrogen-bond acceptors (Lipinski definition) is 5. The van der Waals surface area contributed by atoms with Gasteiger partial charge < -0.3 is 9.42 Å². The molecule has 1 aromatic heterocycles. The lowest BCUT2D eigenvalue weighted by Gasteiger charge is -2.36. The fraction of sp³-hybridized carbons (Fsp3) is 0.812. The quantitative estimate of drug-likeness (QED) is 0.804. The topological polar surface area (TPSA) is 59.2 Å². The van der Waals surface area contributed by atoms with E-state index < -0.39 is 0 Å². The van der Waals surface area contributed by atoms with Crippen LogP contribution in [0.2, 0.25) is 0 Å². The number of carbonyl (C=O) groups is 1. The molecule has 1 heterocycles. The third kappa shape index (κ3) is 3.83. The average Bonchev–Trinajstić information content (AvgIpc) is 3.27. The van der Waals surface area contributed by atoms with Crippen LogP contribution < -0.4 is 0 Å². The van der Waals surface area contributed by atoms with Crippen LogP contribution in [-0.2, 0) is 10.5 Å². The Morgan fingerprint density at radius 2 is 2.09 bits per heavy atom. The number of aromatic nitrogens is 2. The van der Waals surface area contributed by atoms with E-state index in [0.29, 0.717) is 35.3 Å². The Labute approximate surface area is 136 Å². The first-order valence-corrected chi connectivity index (χ1v) is 9.46. The smallest absolute Gasteiger partial charge is 0.236 e. The van der Waals surface area contributed by atoms with Gasteiger partial charge in [-0.05, 0) is 31.6 Å². The summed E-state index contributed by atoms with van der Waals surface area (Å²) in [6, 6.07) is 0.409. The molecular formula is C16H25N3O2S. The zero-order valence-electron chi connectivity index (χ0n) is 13.5. The van der Waals surface area contributed by atoms with Gasteiger partial charge in [0.1, 0.15) is 0 Å². The van der Waals surface area contributed by atoms with Gasteiger partial charge in [-0.2, -0.15) is 4.98 Å². The molecule has 2 unspecified atom stereocenters. The lowest BCUT2D eigenvalue weighted by molar-refractivity contribution is -0.130. The molecule has 0 N–H and O–H groups in total. The third-order valence-electron chi connectivity index (χ3n) is 4.83. The predicted molar refractivity (Wildman–Crippen MR) is 86.6 cm³/mol. The van der Waals surface area contributed by atoms with Crippen molar-refractivity contribution in [1.29, 1.82) is 0 Å². The fourth-order valence-corrected chi connectivity index (χ4v) is 3.99. The largest absolute Gasteiger partial charge is 0.342 e. The minimum atomic E-state index is 0.214. The number of amides is 1. The summed E-state index contributed by atoms with van der Waals surface area (Å²) in [5, 5.41) is 4.00. The minimum Gasteiger partial charge on any atom is -0.342 e. The Balaban J connectivity index is 1.42. The molecule has 2 atom stereocenters. The zero-order chi connectivity index (χ0) is 15.5. The molecule has 2 fully saturated rings. The molecule has 0 spiro atoms. The summed E-state index contributed by atoms with van der Waals surface area (Å²) in [6.07, 6.45) is 7.27. The molecule has 22 heavy (non-hydrogen) atoms. The van der Waals surface area contributed by atoms with Crippen molar-refractivity contribution < 1.29 is 9.32 Å². The summed E-state index contributed by atoms with van der Waals surface area (Å²) in [5.41, 5.74) is 0. The van der Waals surface area contributed by atoms with E-state index in [1.165, 1.54) is 32.1 Å². The van der Waals surface area contributed by atoms with Crippen molar-refractivity contribution in [2.45, 2.75) is 63.2 Å². The maximum absolute atomic E-state index is 12.3. The van der Waals surface area contributed by atoms with Crippen molar-refractivity contribution in [3.05, 3.63) is 11.7 Å². The van der Waals surface area contributed by atoms with Crippen LogP contribution in [0.5, 0.6) is 0 Å². The number of hydrogen-bond donors (Lipinski definition) is 0. The summed E-state index contributed by atoms with van der Waals surface area (Å²) < 4.78 is 5.23. The van der Waals surface area contributed by atoms with E-state index in [-0.39, 0.29) is 5.91 Å². The Morgan fingerprint density at radius 3 is 2.82 bits per heavy atom. The number of carbonyl (C=O) groups excluding carboxylic acids is 1. The van der Waals surface area contributed by atoms with E-state index in [1.807, 2.05) is 11.9 Å². The Morgan fingerprint density at radius 1 is 1.32 bits per heavy atom. The minimum absolute atomic E-state index is 0.214. The van der Waals surface area contributed by atoms with Crippen molar-refractivity contribution in [3.8, 4) is 0 Å². The predicted octanol–water partition coefficient (Wildman–Crippen LogP) is 3.22. The molecule has 1 aromatic rings. The van der Waals surface area contributed by atoms with Gasteiger partial charge >= 0.3 is 0 Å². The molecule has 6 heteroatoms. The van der Waals surface area contributed by atoms with E-state index in [2.05, 4.69) is 17.1 Å². The van der Waals surface area contributed by atoms with E-state index in [9.17, 15) is 4.79 Å². The van der Waals surface area contributed by atoms with Crippen LogP contribution in [0.1, 0.15) is 63.1 Å². The number of rotatable bonds is 6. The van der Waals surface area contributed by atoms with Crippen LogP contribution in [0.25, 0.3) is 0 Å². The average molecular weight is 323 g/mol. The van der Waals surface area contributed by atoms with Gasteiger partial charge in [0.2, 0.25) is 11.8 Å². The number of thioether (sulfide) groups is 1. The van der Waals surface area contributed by atoms with Crippen LogP contribution in [-0.4, -0.2) is 39.8 Å². The second kappa shape index (κ2) is 7.02. The fourth-order valence-electron chi connectivity index (χ4n) is 3.22. The van der Waals surface area contributed by atoms with Crippen molar-refractivity contribution >= 4 is 17.7 Å². The molecule has 1 amide bonds. The normalized spacial score (nSPS) is 25.2. The summed E-state index contributed by atoms with van der Waals surface area (Å²) in [7, 11) is 1.95. The highest BCUT2D eigenvalue weighted by Crippen LogP contribution is 2.38. The van der Waals surface area contributed by atoms with E-state index in [4.69, 9.17) is 4.52 Å². The van der Waals surface area contributed by atoms with Gasteiger partial charge in [0.15, 0.2) is 5.82 Å². The molecule has 0 aromatic carbocycles. The van der Waals surface area contributed by atoms with Crippen molar-refractivity contribution in [3.63, 3.8) is 0 Å². The van der Waals surface area contributed by atoms with Crippen LogP contribution >= 0.6 is 11.8 Å². The SMILES string of the molecule is CC1CCCCC1N(C)C(=O)CSCc1nc(C2CC2)no1. The van der Waals surface area contributed by atoms with Gasteiger partial charge in [-0.3, -0.25) is 4.79 Å². The highest BCUT2D eigenvalue weighted by molar-refractivity contribution is 7.99. The molecular weight excluding hydrogens is 298 g/mol. The maximum atomic E-state index is 12.3. The van der Waals surface area contributed by atoms with Gasteiger partial charge in [0.25, 0.3) is 0 Å². The molecule has 2 aliphatic carbocycles. The molecule has 0 aliphatic heterocycles. The molecule has 3 rings (SSSR count). The summed E-state index contributed by atoms with van der Waals surface area (Å²) in [5.74, 6) is 3.95. The second-order valence-electron chi connectivity index (χ2n) is 6.65. The van der Waals surface area contributed by atoms with Crippen LogP contribution in [0.4, 0.5) is 0 Å². The Hall–Kier alpha value is -1.04. The molecule has 122 valence electrons. The second-order valence-corrected chi connectivity index (χ2v) is 7.63. The lowest BCUT2D eigenvalue weighted by Crippen LogP contribution is -2.43. The monoisotopic (exact) mass is 323 g/mol. The molecule has 0 radical (unpaired) electrons. The van der Waals surface area contributed by atoms with Crippen LogP contribution in [0, 0.1) is 5.92 Å². The molecule has 0 bridgehead atoms. The van der Waals surface area contributed by atoms with Gasteiger partial charge in [0.05, 0.1) is 11.5 Å². The highest BCUT2D eigenvalue weighted by Gasteiger charge is 2.29. The van der Waals surface area contributed by atoms with Crippen molar-refractivity contribution in [1.82, 2.24) is 15.0 Å². The summed E-state index contributed by atoms with van der Waals surface area (Å²) in [4.78, 5) is 18.7. The summed E-state index contributed by atoms with van der Waals surface area (Å²) >= 11 is 1.57. The van der Waals surface area contributed by atoms with Crippen molar-refractivity contribution in [2.24, 2.45) is 5.92 Å². The van der Waals surface area contributed by atoms with Crippen LogP contribution in [0.15, 0.2) is 4.52 Å². The van der Waals surface area contributed by atoms with Crippen LogP contribution in [0.3, 0.4) is 0 Å². The molecule has 5 nitrogen and oxygen atoms in total. The lowest BCUT2D eigenvalue weighted by atomic mass is 9.85. The molecule has 0 saturated heterocycles. The highest BCUT2D eigenvalue weighted by atomic mass is 32.2. The standard InChI is InChI=1S/C16H25N3O2S/c1-11-5-3-4-6-13(11)19(2)15(20)10-22-9-14-17-16(18-21-14)12-7-8-12/h11-13H,3-10H2,1-2H3. The van der Waals surface area contributed by atoms with Gasteiger partial charge in [-0.1, -0.05) is 24.9 Å². The van der Waals surface area contributed by atoms with Gasteiger partial charge in [-0.25, -0.2) is 0 Å². The van der Waals surface area contributed by atoms with Gasteiger partial charge in [-0.15, -0.1) is 11.8 Å². The van der Waals surface area contributed by atoms with Crippen molar-refractivity contribution in [2.75, 3.05) is 12.8 Å². The first kappa shape index (κ1) is 15.8. The Bertz CT molecular complexity index is 515. The summed E-state index contributed by atoms with van der Waals surface area (Å²) in [6.45, 7) is 2.26. The van der Waals surface area contributed by atoms with Gasteiger partial charge in [0, 0.05) is 19.0 Å². The van der Waals surface area contributed by atoms with E-state index >= 15 is 0 Å². The first-order chi connectivity index (χ1) is 10.6.